The van der Waals surface area contributed by atoms with Crippen LogP contribution in [0, 0.1) is 5.41 Å². The molecular weight excluding hydrogens is 445 g/mol. The number of aromatic nitrogens is 1. The Labute approximate surface area is 195 Å². The number of alkyl halides is 3. The van der Waals surface area contributed by atoms with Crippen molar-refractivity contribution in [2.45, 2.75) is 57.8 Å². The van der Waals surface area contributed by atoms with Crippen LogP contribution >= 0.6 is 0 Å². The van der Waals surface area contributed by atoms with E-state index in [9.17, 15) is 27.9 Å². The lowest BCUT2D eigenvalue weighted by atomic mass is 9.83. The number of aliphatic carboxylic acids is 1. The van der Waals surface area contributed by atoms with Gasteiger partial charge in [-0.2, -0.15) is 13.2 Å². The van der Waals surface area contributed by atoms with Gasteiger partial charge in [-0.05, 0) is 61.4 Å². The molecule has 1 saturated carbocycles. The number of amides is 1. The lowest BCUT2D eigenvalue weighted by Gasteiger charge is -2.29. The Morgan fingerprint density at radius 3 is 2.41 bits per heavy atom. The van der Waals surface area contributed by atoms with E-state index >= 15 is 0 Å². The largest absolute Gasteiger partial charge is 0.481 e. The maximum absolute atomic E-state index is 13.3. The van der Waals surface area contributed by atoms with Gasteiger partial charge in [-0.25, -0.2) is 0 Å². The molecule has 1 heterocycles. The summed E-state index contributed by atoms with van der Waals surface area (Å²) in [5.74, 6) is -1.09. The highest BCUT2D eigenvalue weighted by Crippen LogP contribution is 2.46. The number of carboxylic acid groups (broad SMARTS) is 1. The van der Waals surface area contributed by atoms with E-state index in [-0.39, 0.29) is 17.7 Å². The first-order chi connectivity index (χ1) is 15.9. The minimum Gasteiger partial charge on any atom is -0.481 e. The molecule has 3 aromatic rings. The Hall–Kier alpha value is -3.29. The summed E-state index contributed by atoms with van der Waals surface area (Å²) >= 11 is 0. The van der Waals surface area contributed by atoms with Crippen LogP contribution in [-0.2, 0) is 17.5 Å². The van der Waals surface area contributed by atoms with Crippen molar-refractivity contribution in [2.24, 2.45) is 5.41 Å². The monoisotopic (exact) mass is 472 g/mol. The smallest absolute Gasteiger partial charge is 0.416 e. The zero-order valence-corrected chi connectivity index (χ0v) is 19.1. The van der Waals surface area contributed by atoms with Gasteiger partial charge in [0.05, 0.1) is 23.1 Å². The summed E-state index contributed by atoms with van der Waals surface area (Å²) in [7, 11) is 0. The highest BCUT2D eigenvalue weighted by Gasteiger charge is 2.44. The molecule has 2 N–H and O–H groups in total. The summed E-state index contributed by atoms with van der Waals surface area (Å²) in [6, 6.07) is 12.3. The van der Waals surface area contributed by atoms with E-state index in [4.69, 9.17) is 0 Å². The Bertz CT molecular complexity index is 1230. The van der Waals surface area contributed by atoms with Crippen molar-refractivity contribution in [1.29, 1.82) is 0 Å². The fourth-order valence-electron chi connectivity index (χ4n) is 5.23. The van der Waals surface area contributed by atoms with Crippen LogP contribution in [0.3, 0.4) is 0 Å². The molecule has 1 unspecified atom stereocenters. The molecule has 1 aromatic heterocycles. The molecule has 180 valence electrons. The average molecular weight is 473 g/mol. The Balaban J connectivity index is 1.57. The summed E-state index contributed by atoms with van der Waals surface area (Å²) in [6.07, 6.45) is -0.540. The molecule has 1 aliphatic carbocycles. The molecule has 8 heteroatoms. The predicted octanol–water partition coefficient (Wildman–Crippen LogP) is 5.86. The number of carbonyl (C=O) groups excluding carboxylic acids is 1. The van der Waals surface area contributed by atoms with E-state index < -0.39 is 23.2 Å². The molecule has 4 rings (SSSR count). The van der Waals surface area contributed by atoms with Gasteiger partial charge in [0.15, 0.2) is 0 Å². The van der Waals surface area contributed by atoms with Crippen LogP contribution in [0.1, 0.15) is 61.0 Å². The van der Waals surface area contributed by atoms with Crippen molar-refractivity contribution in [1.82, 2.24) is 9.88 Å². The van der Waals surface area contributed by atoms with E-state index in [1.54, 1.807) is 12.1 Å². The zero-order valence-electron chi connectivity index (χ0n) is 19.1. The van der Waals surface area contributed by atoms with Crippen LogP contribution < -0.4 is 5.32 Å². The number of carboxylic acids is 1. The third-order valence-electron chi connectivity index (χ3n) is 6.76. The molecule has 2 aromatic carbocycles. The molecule has 34 heavy (non-hydrogen) atoms. The van der Waals surface area contributed by atoms with E-state index in [1.807, 2.05) is 36.7 Å². The first kappa shape index (κ1) is 23.9. The quantitative estimate of drug-likeness (QED) is 0.472. The van der Waals surface area contributed by atoms with Gasteiger partial charge in [0.1, 0.15) is 0 Å². The highest BCUT2D eigenvalue weighted by atomic mass is 19.4. The number of benzene rings is 2. The minimum atomic E-state index is -4.39. The Kier molecular flexibility index (Phi) is 5.96. The normalized spacial score (nSPS) is 22.7. The fraction of sp³-hybridized carbons (Fsp3) is 0.385. The molecule has 0 spiro atoms. The van der Waals surface area contributed by atoms with Gasteiger partial charge in [0, 0.05) is 23.7 Å². The van der Waals surface area contributed by atoms with Gasteiger partial charge in [-0.1, -0.05) is 31.2 Å². The number of hydrogen-bond acceptors (Lipinski definition) is 2. The fourth-order valence-corrected chi connectivity index (χ4v) is 5.23. The number of para-hydroxylation sites is 1. The first-order valence-electron chi connectivity index (χ1n) is 11.2. The number of hydrogen-bond donors (Lipinski definition) is 2. The topological polar surface area (TPSA) is 71.3 Å². The zero-order chi connectivity index (χ0) is 24.7. The van der Waals surface area contributed by atoms with E-state index in [0.29, 0.717) is 42.5 Å². The number of carbonyl (C=O) groups is 2. The standard InChI is InChI=1S/C26H27F3N2O3/c1-24(14-21(32)33)11-12-25(2,16-24)30-23(34)20-5-3-4-18-10-13-31(22(18)20)15-17-6-8-19(9-7-17)26(27,28)29/h3-10,13H,11-12,14-16H2,1-2H3,(H,30,34)(H,32,33)/t24-,25?/m0/s1. The van der Waals surface area contributed by atoms with Gasteiger partial charge in [0.2, 0.25) is 0 Å². The molecule has 0 radical (unpaired) electrons. The van der Waals surface area contributed by atoms with Crippen molar-refractivity contribution in [3.8, 4) is 0 Å². The van der Waals surface area contributed by atoms with Crippen LogP contribution in [0.5, 0.6) is 0 Å². The van der Waals surface area contributed by atoms with Crippen LogP contribution in [0.15, 0.2) is 54.7 Å². The number of nitrogens with zero attached hydrogens (tertiary/aromatic N) is 1. The maximum Gasteiger partial charge on any atom is 0.416 e. The van der Waals surface area contributed by atoms with Gasteiger partial charge < -0.3 is 15.0 Å². The maximum atomic E-state index is 13.3. The summed E-state index contributed by atoms with van der Waals surface area (Å²) in [4.78, 5) is 24.6. The van der Waals surface area contributed by atoms with Crippen molar-refractivity contribution in [2.75, 3.05) is 0 Å². The van der Waals surface area contributed by atoms with Crippen LogP contribution in [-0.4, -0.2) is 27.1 Å². The molecule has 1 amide bonds. The van der Waals surface area contributed by atoms with Crippen molar-refractivity contribution < 1.29 is 27.9 Å². The summed E-state index contributed by atoms with van der Waals surface area (Å²) in [5.41, 5.74) is 0.273. The van der Waals surface area contributed by atoms with Crippen molar-refractivity contribution in [3.05, 3.63) is 71.4 Å². The Morgan fingerprint density at radius 2 is 1.76 bits per heavy atom. The van der Waals surface area contributed by atoms with Crippen LogP contribution in [0.25, 0.3) is 10.9 Å². The predicted molar refractivity (Wildman–Crippen MR) is 123 cm³/mol. The van der Waals surface area contributed by atoms with E-state index in [2.05, 4.69) is 5.32 Å². The van der Waals surface area contributed by atoms with Gasteiger partial charge >= 0.3 is 12.1 Å². The number of rotatable bonds is 6. The Morgan fingerprint density at radius 1 is 1.06 bits per heavy atom. The van der Waals surface area contributed by atoms with Gasteiger partial charge in [-0.15, -0.1) is 0 Å². The SMILES string of the molecule is CC1(NC(=O)c2cccc3ccn(Cc4ccc(C(F)(F)F)cc4)c23)CC[C@@](C)(CC(=O)O)C1. The first-order valence-corrected chi connectivity index (χ1v) is 11.2. The summed E-state index contributed by atoms with van der Waals surface area (Å²) in [5, 5.41) is 13.2. The second-order valence-corrected chi connectivity index (χ2v) is 9.95. The average Bonchev–Trinajstić information content (AvgIpc) is 3.27. The molecule has 0 saturated heterocycles. The molecule has 5 nitrogen and oxygen atoms in total. The second-order valence-electron chi connectivity index (χ2n) is 9.95. The summed E-state index contributed by atoms with van der Waals surface area (Å²) < 4.78 is 40.5. The molecule has 2 atom stereocenters. The van der Waals surface area contributed by atoms with Gasteiger partial charge in [-0.3, -0.25) is 9.59 Å². The van der Waals surface area contributed by atoms with E-state index in [1.165, 1.54) is 12.1 Å². The molecule has 0 aliphatic heterocycles. The number of nitrogens with one attached hydrogen (secondary N) is 1. The summed E-state index contributed by atoms with van der Waals surface area (Å²) in [6.45, 7) is 4.20. The third-order valence-corrected chi connectivity index (χ3v) is 6.76. The molecule has 1 aliphatic rings. The minimum absolute atomic E-state index is 0.0595. The van der Waals surface area contributed by atoms with Crippen LogP contribution in [0.2, 0.25) is 0 Å². The van der Waals surface area contributed by atoms with Crippen LogP contribution in [0.4, 0.5) is 13.2 Å². The van der Waals surface area contributed by atoms with Gasteiger partial charge in [0.25, 0.3) is 5.91 Å². The van der Waals surface area contributed by atoms with Crippen molar-refractivity contribution in [3.63, 3.8) is 0 Å². The third kappa shape index (κ3) is 4.95. The molecule has 0 bridgehead atoms. The van der Waals surface area contributed by atoms with Crippen molar-refractivity contribution >= 4 is 22.8 Å². The highest BCUT2D eigenvalue weighted by molar-refractivity contribution is 6.06. The second kappa shape index (κ2) is 8.49. The number of fused-ring (bicyclic) bond motifs is 1. The lowest BCUT2D eigenvalue weighted by molar-refractivity contribution is -0.139. The molecular formula is C26H27F3N2O3. The lowest BCUT2D eigenvalue weighted by Crippen LogP contribution is -2.44. The number of halogens is 3. The molecule has 1 fully saturated rings. The van der Waals surface area contributed by atoms with E-state index in [0.717, 1.165) is 17.5 Å².